The van der Waals surface area contributed by atoms with Crippen LogP contribution >= 0.6 is 10.0 Å². The first kappa shape index (κ1) is 58.3. The third-order valence-electron chi connectivity index (χ3n) is 17.6. The molecule has 0 saturated heterocycles. The Bertz CT molecular complexity index is 4850. The number of para-hydroxylation sites is 4. The Morgan fingerprint density at radius 1 is 0.264 bits per heavy atom. The topological polar surface area (TPSA) is 48.5 Å². The number of hydrogen-bond acceptors (Lipinski definition) is 3. The minimum atomic E-state index is -2.00. The van der Waals surface area contributed by atoms with Gasteiger partial charge in [0.05, 0.1) is 33.4 Å². The van der Waals surface area contributed by atoms with Crippen molar-refractivity contribution in [1.29, 1.82) is 0 Å². The van der Waals surface area contributed by atoms with Gasteiger partial charge in [-0.15, -0.1) is 10.0 Å². The lowest BCUT2D eigenvalue weighted by atomic mass is 9.86. The first-order chi connectivity index (χ1) is 44.4. The second-order valence-electron chi connectivity index (χ2n) is 25.2. The van der Waals surface area contributed by atoms with Gasteiger partial charge in [-0.05, 0) is 136 Å². The molecule has 444 valence electrons. The standard InChI is InChI=1S/C83H67N5S.C2H6/c1-82(2,3)61-47-41-56(42-48-61)79-84-80(57-43-49-62(50-44-57)83(4,5)6)86-81(85-79)60-46-52-78(88-75-39-22-18-35-69(75)70-36-19-23-40-76(70)88)72(55-60)71-54-59(45-51-77(71)87-73-37-20-16-33-67(73)68-34-17-21-38-74(68)87)58-25-24-32-66(53-58)89(63-26-10-7-11-27-63,64-28-12-8-13-29-64)65-30-14-9-15-31-65;1-2/h7-55H,1-6H3;1-2H3. The first-order valence-electron chi connectivity index (χ1n) is 31.7. The normalized spacial score (nSPS) is 12.1. The van der Waals surface area contributed by atoms with Crippen LogP contribution in [0.3, 0.4) is 0 Å². The molecule has 0 saturated carbocycles. The molecule has 0 aliphatic carbocycles. The predicted molar refractivity (Wildman–Crippen MR) is 384 cm³/mol. The van der Waals surface area contributed by atoms with E-state index in [0.29, 0.717) is 17.5 Å². The van der Waals surface area contributed by atoms with Crippen LogP contribution in [0.15, 0.2) is 317 Å². The smallest absolute Gasteiger partial charge is 0.164 e. The second kappa shape index (κ2) is 23.8. The maximum Gasteiger partial charge on any atom is 0.164 e. The van der Waals surface area contributed by atoms with E-state index < -0.39 is 10.0 Å². The fraction of sp³-hybridized carbons (Fsp3) is 0.118. The van der Waals surface area contributed by atoms with Crippen molar-refractivity contribution in [3.8, 4) is 67.8 Å². The van der Waals surface area contributed by atoms with E-state index in [0.717, 1.165) is 72.4 Å². The SMILES string of the molecule is CC.CC(C)(C)c1ccc(-c2nc(-c3ccc(C(C)(C)C)cc3)nc(-c3ccc(-n4c5ccccc5c5ccccc54)c(-c4cc(-c5cccc(S(c6ccccc6)(c6ccccc6)c6ccccc6)c5)ccc4-n4c5ccccc5c5ccccc54)c3)n2)cc1. The van der Waals surface area contributed by atoms with E-state index in [9.17, 15) is 0 Å². The van der Waals surface area contributed by atoms with Crippen molar-refractivity contribution in [2.24, 2.45) is 0 Å². The summed E-state index contributed by atoms with van der Waals surface area (Å²) >= 11 is 0. The first-order valence-corrected chi connectivity index (χ1v) is 33.4. The number of nitrogens with zero attached hydrogens (tertiary/aromatic N) is 5. The van der Waals surface area contributed by atoms with Gasteiger partial charge >= 0.3 is 0 Å². The molecule has 0 unspecified atom stereocenters. The van der Waals surface area contributed by atoms with Crippen LogP contribution in [0.25, 0.3) is 111 Å². The van der Waals surface area contributed by atoms with E-state index in [-0.39, 0.29) is 10.8 Å². The molecule has 0 amide bonds. The molecule has 0 bridgehead atoms. The zero-order chi connectivity index (χ0) is 62.4. The molecule has 0 aliphatic heterocycles. The molecule has 15 rings (SSSR count). The Kier molecular flexibility index (Phi) is 15.3. The minimum absolute atomic E-state index is 0.0203. The highest BCUT2D eigenvalue weighted by Gasteiger charge is 2.34. The molecule has 5 nitrogen and oxygen atoms in total. The summed E-state index contributed by atoms with van der Waals surface area (Å²) in [6.45, 7) is 17.5. The Morgan fingerprint density at radius 2 is 0.560 bits per heavy atom. The van der Waals surface area contributed by atoms with Gasteiger partial charge < -0.3 is 9.13 Å². The van der Waals surface area contributed by atoms with E-state index in [1.165, 1.54) is 52.3 Å². The van der Waals surface area contributed by atoms with Gasteiger partial charge in [-0.1, -0.05) is 250 Å². The summed E-state index contributed by atoms with van der Waals surface area (Å²) in [5.41, 5.74) is 16.0. The highest BCUT2D eigenvalue weighted by Crippen LogP contribution is 2.73. The van der Waals surface area contributed by atoms with Crippen LogP contribution in [0.4, 0.5) is 0 Å². The quantitative estimate of drug-likeness (QED) is 0.130. The molecule has 15 aromatic rings. The number of rotatable bonds is 11. The number of aromatic nitrogens is 5. The Balaban J connectivity index is 0.00000357. The summed E-state index contributed by atoms with van der Waals surface area (Å²) in [5.74, 6) is 1.82. The number of hydrogen-bond donors (Lipinski definition) is 0. The molecule has 3 aromatic heterocycles. The maximum atomic E-state index is 5.47. The van der Waals surface area contributed by atoms with Gasteiger partial charge in [0, 0.05) is 68.9 Å². The fourth-order valence-corrected chi connectivity index (χ4v) is 17.1. The molecule has 0 aliphatic rings. The highest BCUT2D eigenvalue weighted by atomic mass is 32.3. The molecule has 3 heterocycles. The summed E-state index contributed by atoms with van der Waals surface area (Å²) in [7, 11) is -2.00. The van der Waals surface area contributed by atoms with Crippen molar-refractivity contribution in [3.05, 3.63) is 308 Å². The fourth-order valence-electron chi connectivity index (χ4n) is 13.1. The number of benzene rings is 12. The van der Waals surface area contributed by atoms with Gasteiger partial charge in [0.1, 0.15) is 0 Å². The predicted octanol–water partition coefficient (Wildman–Crippen LogP) is 23.4. The molecule has 0 atom stereocenters. The highest BCUT2D eigenvalue weighted by molar-refractivity contribution is 8.34. The van der Waals surface area contributed by atoms with E-state index in [4.69, 9.17) is 15.0 Å². The average molecular weight is 1200 g/mol. The van der Waals surface area contributed by atoms with E-state index in [1.54, 1.807) is 0 Å². The van der Waals surface area contributed by atoms with Crippen LogP contribution in [0.2, 0.25) is 0 Å². The molecule has 0 fully saturated rings. The van der Waals surface area contributed by atoms with Crippen molar-refractivity contribution in [3.63, 3.8) is 0 Å². The molecule has 0 spiro atoms. The molecule has 91 heavy (non-hydrogen) atoms. The van der Waals surface area contributed by atoms with Crippen molar-refractivity contribution in [2.45, 2.75) is 85.8 Å². The summed E-state index contributed by atoms with van der Waals surface area (Å²) in [6, 6.07) is 109. The second-order valence-corrected chi connectivity index (χ2v) is 28.4. The summed E-state index contributed by atoms with van der Waals surface area (Å²) in [4.78, 5) is 21.3. The summed E-state index contributed by atoms with van der Waals surface area (Å²) < 4.78 is 4.93. The van der Waals surface area contributed by atoms with Gasteiger partial charge in [0.15, 0.2) is 17.5 Å². The zero-order valence-corrected chi connectivity index (χ0v) is 53.8. The molecule has 0 radical (unpaired) electrons. The van der Waals surface area contributed by atoms with Crippen molar-refractivity contribution >= 4 is 53.6 Å². The van der Waals surface area contributed by atoms with E-state index in [1.807, 2.05) is 13.8 Å². The van der Waals surface area contributed by atoms with Crippen molar-refractivity contribution in [2.75, 3.05) is 0 Å². The van der Waals surface area contributed by atoms with Crippen molar-refractivity contribution < 1.29 is 0 Å². The van der Waals surface area contributed by atoms with Crippen LogP contribution in [0.1, 0.15) is 66.5 Å². The molecule has 0 N–H and O–H groups in total. The van der Waals surface area contributed by atoms with E-state index >= 15 is 0 Å². The monoisotopic (exact) mass is 1200 g/mol. The molecular formula is C85H73N5S. The lowest BCUT2D eigenvalue weighted by molar-refractivity contribution is 0.590. The van der Waals surface area contributed by atoms with Crippen LogP contribution in [-0.4, -0.2) is 24.1 Å². The Hall–Kier alpha value is -10.4. The minimum Gasteiger partial charge on any atom is -0.309 e. The van der Waals surface area contributed by atoms with Gasteiger partial charge in [-0.2, -0.15) is 0 Å². The van der Waals surface area contributed by atoms with Crippen molar-refractivity contribution in [1.82, 2.24) is 24.1 Å². The van der Waals surface area contributed by atoms with Gasteiger partial charge in [0.2, 0.25) is 0 Å². The van der Waals surface area contributed by atoms with Crippen LogP contribution in [0.5, 0.6) is 0 Å². The molecular weight excluding hydrogens is 1120 g/mol. The third kappa shape index (κ3) is 10.5. The van der Waals surface area contributed by atoms with E-state index in [2.05, 4.69) is 348 Å². The zero-order valence-electron chi connectivity index (χ0n) is 52.9. The average Bonchev–Trinajstić information content (AvgIpc) is 1.04. The van der Waals surface area contributed by atoms with Crippen LogP contribution < -0.4 is 0 Å². The van der Waals surface area contributed by atoms with Crippen LogP contribution in [-0.2, 0) is 10.8 Å². The van der Waals surface area contributed by atoms with Gasteiger partial charge in [0.25, 0.3) is 0 Å². The maximum absolute atomic E-state index is 5.47. The lowest BCUT2D eigenvalue weighted by Crippen LogP contribution is -2.11. The molecule has 6 heteroatoms. The van der Waals surface area contributed by atoms with Crippen LogP contribution in [0, 0.1) is 0 Å². The summed E-state index contributed by atoms with van der Waals surface area (Å²) in [5, 5.41) is 4.77. The largest absolute Gasteiger partial charge is 0.309 e. The van der Waals surface area contributed by atoms with Gasteiger partial charge in [-0.25, -0.2) is 15.0 Å². The lowest BCUT2D eigenvalue weighted by Gasteiger charge is -2.42. The number of fused-ring (bicyclic) bond motifs is 6. The summed E-state index contributed by atoms with van der Waals surface area (Å²) in [6.07, 6.45) is 0. The Labute approximate surface area is 536 Å². The molecule has 12 aromatic carbocycles. The Morgan fingerprint density at radius 3 is 0.934 bits per heavy atom. The third-order valence-corrected chi connectivity index (χ3v) is 21.5. The van der Waals surface area contributed by atoms with Gasteiger partial charge in [-0.3, -0.25) is 0 Å².